The topological polar surface area (TPSA) is 25.2 Å². The number of benzene rings is 2. The fourth-order valence-electron chi connectivity index (χ4n) is 2.38. The molecule has 2 nitrogen and oxygen atoms in total. The number of halogens is 3. The number of fused-ring (bicyclic) bond motifs is 1. The van der Waals surface area contributed by atoms with Gasteiger partial charge in [-0.1, -0.05) is 24.3 Å². The molecule has 0 aliphatic rings. The molecule has 0 saturated carbocycles. The maximum atomic E-state index is 14.3. The van der Waals surface area contributed by atoms with Crippen LogP contribution in [0.25, 0.3) is 11.0 Å². The van der Waals surface area contributed by atoms with Crippen LogP contribution in [-0.2, 0) is 0 Å². The molecule has 108 valence electrons. The molecule has 1 unspecified atom stereocenters. The third-order valence-corrected chi connectivity index (χ3v) is 3.99. The molecule has 0 saturated heterocycles. The van der Waals surface area contributed by atoms with Gasteiger partial charge in [0.15, 0.2) is 11.4 Å². The molecule has 1 heterocycles. The van der Waals surface area contributed by atoms with Crippen molar-refractivity contribution >= 4 is 26.9 Å². The van der Waals surface area contributed by atoms with Crippen LogP contribution in [-0.4, -0.2) is 7.05 Å². The molecule has 3 rings (SSSR count). The highest BCUT2D eigenvalue weighted by Gasteiger charge is 2.22. The normalized spacial score (nSPS) is 12.8. The standard InChI is InChI=1S/C16H12BrF2NO/c1-20-15(10-5-3-6-11(17)14(10)19)13-8-9-4-2-7-12(18)16(9)21-13/h2-8,15,20H,1H3. The summed E-state index contributed by atoms with van der Waals surface area (Å²) in [5, 5.41) is 3.66. The lowest BCUT2D eigenvalue weighted by Gasteiger charge is -2.15. The first-order chi connectivity index (χ1) is 10.1. The molecule has 0 amide bonds. The van der Waals surface area contributed by atoms with Gasteiger partial charge in [-0.2, -0.15) is 0 Å². The van der Waals surface area contributed by atoms with Crippen molar-refractivity contribution in [2.24, 2.45) is 0 Å². The molecular formula is C16H12BrF2NO. The zero-order valence-electron chi connectivity index (χ0n) is 11.2. The number of hydrogen-bond acceptors (Lipinski definition) is 2. The van der Waals surface area contributed by atoms with Crippen molar-refractivity contribution in [2.75, 3.05) is 7.05 Å². The van der Waals surface area contributed by atoms with Gasteiger partial charge in [-0.25, -0.2) is 8.78 Å². The highest BCUT2D eigenvalue weighted by atomic mass is 79.9. The first-order valence-electron chi connectivity index (χ1n) is 6.41. The first-order valence-corrected chi connectivity index (χ1v) is 7.20. The molecule has 0 spiro atoms. The summed E-state index contributed by atoms with van der Waals surface area (Å²) in [4.78, 5) is 0. The minimum Gasteiger partial charge on any atom is -0.456 e. The van der Waals surface area contributed by atoms with Gasteiger partial charge in [-0.05, 0) is 41.2 Å². The zero-order chi connectivity index (χ0) is 15.0. The molecule has 1 atom stereocenters. The summed E-state index contributed by atoms with van der Waals surface area (Å²) in [5.41, 5.74) is 0.620. The SMILES string of the molecule is CNC(c1cc2cccc(F)c2o1)c1cccc(Br)c1F. The van der Waals surface area contributed by atoms with Crippen LogP contribution in [0, 0.1) is 11.6 Å². The van der Waals surface area contributed by atoms with Crippen LogP contribution in [0.1, 0.15) is 17.4 Å². The Morgan fingerprint density at radius 1 is 1.14 bits per heavy atom. The smallest absolute Gasteiger partial charge is 0.169 e. The lowest BCUT2D eigenvalue weighted by Crippen LogP contribution is -2.18. The summed E-state index contributed by atoms with van der Waals surface area (Å²) in [5.74, 6) is -0.323. The Kier molecular flexibility index (Phi) is 3.78. The van der Waals surface area contributed by atoms with Gasteiger partial charge in [-0.3, -0.25) is 0 Å². The molecule has 2 aromatic carbocycles. The zero-order valence-corrected chi connectivity index (χ0v) is 12.7. The molecule has 0 radical (unpaired) electrons. The van der Waals surface area contributed by atoms with Crippen molar-refractivity contribution in [2.45, 2.75) is 6.04 Å². The van der Waals surface area contributed by atoms with E-state index in [2.05, 4.69) is 21.2 Å². The number of hydrogen-bond donors (Lipinski definition) is 1. The van der Waals surface area contributed by atoms with Crippen LogP contribution < -0.4 is 5.32 Å². The quantitative estimate of drug-likeness (QED) is 0.734. The minimum atomic E-state index is -0.491. The van der Waals surface area contributed by atoms with Gasteiger partial charge < -0.3 is 9.73 Å². The molecule has 1 N–H and O–H groups in total. The van der Waals surface area contributed by atoms with Crippen LogP contribution in [0.5, 0.6) is 0 Å². The van der Waals surface area contributed by atoms with Gasteiger partial charge in [0.05, 0.1) is 10.5 Å². The highest BCUT2D eigenvalue weighted by Crippen LogP contribution is 2.32. The second-order valence-electron chi connectivity index (χ2n) is 4.67. The Labute approximate surface area is 128 Å². The predicted octanol–water partition coefficient (Wildman–Crippen LogP) is 4.78. The Morgan fingerprint density at radius 2 is 1.90 bits per heavy atom. The number of furan rings is 1. The minimum absolute atomic E-state index is 0.183. The maximum absolute atomic E-state index is 14.3. The fourth-order valence-corrected chi connectivity index (χ4v) is 2.77. The van der Waals surface area contributed by atoms with Gasteiger partial charge >= 0.3 is 0 Å². The molecule has 0 aliphatic heterocycles. The lowest BCUT2D eigenvalue weighted by molar-refractivity contribution is 0.464. The van der Waals surface area contributed by atoms with Crippen molar-refractivity contribution in [3.8, 4) is 0 Å². The van der Waals surface area contributed by atoms with E-state index in [1.54, 1.807) is 43.4 Å². The maximum Gasteiger partial charge on any atom is 0.169 e. The van der Waals surface area contributed by atoms with Crippen LogP contribution in [0.4, 0.5) is 8.78 Å². The molecule has 21 heavy (non-hydrogen) atoms. The second-order valence-corrected chi connectivity index (χ2v) is 5.53. The summed E-state index contributed by atoms with van der Waals surface area (Å²) in [6.45, 7) is 0. The first kappa shape index (κ1) is 14.2. The Morgan fingerprint density at radius 3 is 2.62 bits per heavy atom. The third-order valence-electron chi connectivity index (χ3n) is 3.38. The summed E-state index contributed by atoms with van der Waals surface area (Å²) < 4.78 is 33.9. The van der Waals surface area contributed by atoms with E-state index in [9.17, 15) is 8.78 Å². The molecule has 5 heteroatoms. The summed E-state index contributed by atoms with van der Waals surface area (Å²) in [7, 11) is 1.70. The Balaban J connectivity index is 2.14. The van der Waals surface area contributed by atoms with Gasteiger partial charge in [0, 0.05) is 10.9 Å². The Hall–Kier alpha value is -1.72. The third kappa shape index (κ3) is 2.47. The molecule has 3 aromatic rings. The van der Waals surface area contributed by atoms with E-state index < -0.39 is 11.9 Å². The second kappa shape index (κ2) is 5.58. The van der Waals surface area contributed by atoms with E-state index in [1.165, 1.54) is 6.07 Å². The molecule has 0 fully saturated rings. The van der Waals surface area contributed by atoms with Crippen LogP contribution in [0.3, 0.4) is 0 Å². The van der Waals surface area contributed by atoms with Crippen molar-refractivity contribution < 1.29 is 13.2 Å². The average molecular weight is 352 g/mol. The van der Waals surface area contributed by atoms with Crippen LogP contribution >= 0.6 is 15.9 Å². The van der Waals surface area contributed by atoms with E-state index in [4.69, 9.17) is 4.42 Å². The average Bonchev–Trinajstić information content (AvgIpc) is 2.89. The monoisotopic (exact) mass is 351 g/mol. The van der Waals surface area contributed by atoms with Crippen molar-refractivity contribution in [3.05, 3.63) is 69.9 Å². The molecule has 0 aliphatic carbocycles. The van der Waals surface area contributed by atoms with Gasteiger partial charge in [0.25, 0.3) is 0 Å². The predicted molar refractivity (Wildman–Crippen MR) is 81.2 cm³/mol. The van der Waals surface area contributed by atoms with Gasteiger partial charge in [0.2, 0.25) is 0 Å². The Bertz CT molecular complexity index is 800. The van der Waals surface area contributed by atoms with Crippen LogP contribution in [0.2, 0.25) is 0 Å². The fraction of sp³-hybridized carbons (Fsp3) is 0.125. The molecule has 1 aromatic heterocycles. The van der Waals surface area contributed by atoms with E-state index in [1.807, 2.05) is 0 Å². The van der Waals surface area contributed by atoms with E-state index in [-0.39, 0.29) is 11.4 Å². The highest BCUT2D eigenvalue weighted by molar-refractivity contribution is 9.10. The van der Waals surface area contributed by atoms with E-state index in [0.717, 1.165) is 0 Å². The number of rotatable bonds is 3. The van der Waals surface area contributed by atoms with Crippen molar-refractivity contribution in [1.29, 1.82) is 0 Å². The largest absolute Gasteiger partial charge is 0.456 e. The lowest BCUT2D eigenvalue weighted by atomic mass is 10.0. The van der Waals surface area contributed by atoms with E-state index in [0.29, 0.717) is 21.2 Å². The number of nitrogens with one attached hydrogen (secondary N) is 1. The summed E-state index contributed by atoms with van der Waals surface area (Å²) >= 11 is 3.17. The summed E-state index contributed by atoms with van der Waals surface area (Å²) in [6.07, 6.45) is 0. The summed E-state index contributed by atoms with van der Waals surface area (Å²) in [6, 6.07) is 11.0. The van der Waals surface area contributed by atoms with Crippen molar-refractivity contribution in [1.82, 2.24) is 5.32 Å². The molecule has 0 bridgehead atoms. The van der Waals surface area contributed by atoms with E-state index >= 15 is 0 Å². The number of para-hydroxylation sites is 1. The van der Waals surface area contributed by atoms with Crippen molar-refractivity contribution in [3.63, 3.8) is 0 Å². The molecular weight excluding hydrogens is 340 g/mol. The van der Waals surface area contributed by atoms with Gasteiger partial charge in [0.1, 0.15) is 11.6 Å². The van der Waals surface area contributed by atoms with Gasteiger partial charge in [-0.15, -0.1) is 0 Å². The van der Waals surface area contributed by atoms with Crippen LogP contribution in [0.15, 0.2) is 51.4 Å².